The normalized spacial score (nSPS) is 10.5. The van der Waals surface area contributed by atoms with Gasteiger partial charge in [0.15, 0.2) is 11.7 Å². The van der Waals surface area contributed by atoms with E-state index in [0.29, 0.717) is 29.4 Å². The van der Waals surface area contributed by atoms with Crippen LogP contribution in [0.2, 0.25) is 0 Å². The van der Waals surface area contributed by atoms with Crippen molar-refractivity contribution in [1.82, 2.24) is 4.98 Å². The first kappa shape index (κ1) is 15.0. The summed E-state index contributed by atoms with van der Waals surface area (Å²) in [6, 6.07) is 16.8. The van der Waals surface area contributed by atoms with Crippen LogP contribution in [0.4, 0.5) is 0 Å². The van der Waals surface area contributed by atoms with Crippen molar-refractivity contribution in [2.75, 3.05) is 7.11 Å². The second kappa shape index (κ2) is 6.48. The summed E-state index contributed by atoms with van der Waals surface area (Å²) >= 11 is 0. The zero-order valence-electron chi connectivity index (χ0n) is 13.1. The Kier molecular flexibility index (Phi) is 4.24. The maximum atomic E-state index is 12.4. The average molecular weight is 307 g/mol. The Morgan fingerprint density at radius 3 is 2.35 bits per heavy atom. The molecule has 0 aliphatic rings. The predicted molar refractivity (Wildman–Crippen MR) is 86.9 cm³/mol. The summed E-state index contributed by atoms with van der Waals surface area (Å²) < 4.78 is 10.5. The summed E-state index contributed by atoms with van der Waals surface area (Å²) in [7, 11) is 1.56. The number of nitrogens with zero attached hydrogens (tertiary/aromatic N) is 1. The second-order valence-corrected chi connectivity index (χ2v) is 5.24. The van der Waals surface area contributed by atoms with Gasteiger partial charge in [-0.3, -0.25) is 4.79 Å². The minimum Gasteiger partial charge on any atom is -0.467 e. The molecule has 1 heterocycles. The molecule has 0 N–H and O–H groups in total. The first-order chi connectivity index (χ1) is 11.2. The topological polar surface area (TPSA) is 52.3 Å². The third-order valence-electron chi connectivity index (χ3n) is 3.58. The monoisotopic (exact) mass is 307 g/mol. The molecule has 0 amide bonds. The van der Waals surface area contributed by atoms with Gasteiger partial charge in [-0.05, 0) is 5.56 Å². The fourth-order valence-corrected chi connectivity index (χ4v) is 2.45. The van der Waals surface area contributed by atoms with Gasteiger partial charge in [0.05, 0.1) is 7.11 Å². The second-order valence-electron chi connectivity index (χ2n) is 5.24. The Morgan fingerprint density at radius 1 is 1.04 bits per heavy atom. The van der Waals surface area contributed by atoms with E-state index in [9.17, 15) is 4.79 Å². The van der Waals surface area contributed by atoms with Gasteiger partial charge < -0.3 is 9.15 Å². The number of carbonyl (C=O) groups excluding carboxylic acids is 1. The van der Waals surface area contributed by atoms with Crippen molar-refractivity contribution in [3.63, 3.8) is 0 Å². The van der Waals surface area contributed by atoms with E-state index in [1.165, 1.54) is 0 Å². The van der Waals surface area contributed by atoms with Gasteiger partial charge in [0, 0.05) is 24.5 Å². The molecule has 0 atom stereocenters. The molecule has 116 valence electrons. The number of ketones is 1. The molecule has 0 radical (unpaired) electrons. The fourth-order valence-electron chi connectivity index (χ4n) is 2.45. The summed E-state index contributed by atoms with van der Waals surface area (Å²) in [5.41, 5.74) is 3.16. The molecule has 0 aliphatic heterocycles. The number of rotatable bonds is 5. The smallest absolute Gasteiger partial charge is 0.308 e. The maximum absolute atomic E-state index is 12.4. The largest absolute Gasteiger partial charge is 0.467 e. The molecule has 4 nitrogen and oxygen atoms in total. The molecule has 0 saturated heterocycles. The van der Waals surface area contributed by atoms with Crippen LogP contribution in [-0.4, -0.2) is 17.9 Å². The first-order valence-electron chi connectivity index (χ1n) is 7.36. The molecular weight excluding hydrogens is 290 g/mol. The van der Waals surface area contributed by atoms with Crippen LogP contribution in [0.5, 0.6) is 5.95 Å². The number of ether oxygens (including phenoxy) is 1. The quantitative estimate of drug-likeness (QED) is 0.673. The number of aromatic nitrogens is 1. The van der Waals surface area contributed by atoms with Gasteiger partial charge in [-0.15, -0.1) is 0 Å². The van der Waals surface area contributed by atoms with Crippen LogP contribution in [0.1, 0.15) is 33.1 Å². The highest BCUT2D eigenvalue weighted by Crippen LogP contribution is 2.22. The lowest BCUT2D eigenvalue weighted by molar-refractivity contribution is 0.103. The van der Waals surface area contributed by atoms with Crippen molar-refractivity contribution >= 4 is 5.78 Å². The molecular formula is C19H17NO3. The fraction of sp³-hybridized carbons (Fsp3) is 0.158. The molecule has 0 bridgehead atoms. The van der Waals surface area contributed by atoms with E-state index in [0.717, 1.165) is 11.3 Å². The number of aryl methyl sites for hydroxylation is 1. The third-order valence-corrected chi connectivity index (χ3v) is 3.58. The van der Waals surface area contributed by atoms with Crippen molar-refractivity contribution in [3.8, 4) is 5.95 Å². The molecule has 0 fully saturated rings. The highest BCUT2D eigenvalue weighted by Gasteiger charge is 2.13. The molecule has 0 unspecified atom stereocenters. The Labute approximate surface area is 134 Å². The van der Waals surface area contributed by atoms with Gasteiger partial charge in [-0.25, -0.2) is 4.98 Å². The summed E-state index contributed by atoms with van der Waals surface area (Å²) in [4.78, 5) is 16.7. The molecule has 3 aromatic rings. The summed E-state index contributed by atoms with van der Waals surface area (Å²) in [6.07, 6.45) is 0.598. The molecule has 1 aromatic heterocycles. The number of hydrogen-bond acceptors (Lipinski definition) is 4. The van der Waals surface area contributed by atoms with E-state index in [1.807, 2.05) is 54.6 Å². The maximum Gasteiger partial charge on any atom is 0.308 e. The Balaban J connectivity index is 1.78. The Bertz CT molecular complexity index is 804. The number of methoxy groups -OCH3 is 1. The minimum absolute atomic E-state index is 0.0204. The van der Waals surface area contributed by atoms with Crippen LogP contribution in [0.25, 0.3) is 0 Å². The molecule has 4 heteroatoms. The van der Waals surface area contributed by atoms with Gasteiger partial charge in [-0.2, -0.15) is 0 Å². The van der Waals surface area contributed by atoms with Crippen molar-refractivity contribution in [2.45, 2.75) is 13.3 Å². The molecule has 3 rings (SSSR count). The van der Waals surface area contributed by atoms with Crippen LogP contribution in [0, 0.1) is 6.92 Å². The van der Waals surface area contributed by atoms with Crippen LogP contribution in [0.15, 0.2) is 59.0 Å². The molecule has 0 saturated carbocycles. The van der Waals surface area contributed by atoms with Crippen LogP contribution >= 0.6 is 0 Å². The predicted octanol–water partition coefficient (Wildman–Crippen LogP) is 3.81. The molecule has 23 heavy (non-hydrogen) atoms. The van der Waals surface area contributed by atoms with Crippen molar-refractivity contribution in [2.24, 2.45) is 0 Å². The number of oxazole rings is 1. The number of carbonyl (C=O) groups is 1. The SMILES string of the molecule is COc1oc(C)nc1Cc1ccc(C(=O)c2ccccc2)cc1. The van der Waals surface area contributed by atoms with Gasteiger partial charge in [0.1, 0.15) is 5.69 Å². The Hall–Kier alpha value is -2.88. The van der Waals surface area contributed by atoms with E-state index >= 15 is 0 Å². The Morgan fingerprint density at radius 2 is 1.70 bits per heavy atom. The van der Waals surface area contributed by atoms with Crippen LogP contribution < -0.4 is 4.74 Å². The van der Waals surface area contributed by atoms with Crippen LogP contribution in [-0.2, 0) is 6.42 Å². The lowest BCUT2D eigenvalue weighted by Crippen LogP contribution is -2.01. The van der Waals surface area contributed by atoms with Gasteiger partial charge in [-0.1, -0.05) is 54.6 Å². The lowest BCUT2D eigenvalue weighted by atomic mass is 10.0. The zero-order valence-corrected chi connectivity index (χ0v) is 13.1. The average Bonchev–Trinajstić information content (AvgIpc) is 2.95. The van der Waals surface area contributed by atoms with Gasteiger partial charge in [0.2, 0.25) is 0 Å². The first-order valence-corrected chi connectivity index (χ1v) is 7.36. The van der Waals surface area contributed by atoms with E-state index in [-0.39, 0.29) is 5.78 Å². The highest BCUT2D eigenvalue weighted by atomic mass is 16.6. The van der Waals surface area contributed by atoms with Gasteiger partial charge in [0.25, 0.3) is 0 Å². The van der Waals surface area contributed by atoms with Crippen molar-refractivity contribution in [3.05, 3.63) is 82.9 Å². The minimum atomic E-state index is 0.0204. The standard InChI is InChI=1S/C19H17NO3/c1-13-20-17(19(22-2)23-13)12-14-8-10-16(11-9-14)18(21)15-6-4-3-5-7-15/h3-11H,12H2,1-2H3. The zero-order chi connectivity index (χ0) is 16.2. The van der Waals surface area contributed by atoms with Crippen molar-refractivity contribution < 1.29 is 13.9 Å². The summed E-state index contributed by atoms with van der Waals surface area (Å²) in [5, 5.41) is 0. The highest BCUT2D eigenvalue weighted by molar-refractivity contribution is 6.08. The number of benzene rings is 2. The van der Waals surface area contributed by atoms with Crippen molar-refractivity contribution in [1.29, 1.82) is 0 Å². The van der Waals surface area contributed by atoms with E-state index in [1.54, 1.807) is 14.0 Å². The summed E-state index contributed by atoms with van der Waals surface area (Å²) in [6.45, 7) is 1.79. The van der Waals surface area contributed by atoms with Gasteiger partial charge >= 0.3 is 5.95 Å². The van der Waals surface area contributed by atoms with E-state index in [2.05, 4.69) is 4.98 Å². The van der Waals surface area contributed by atoms with E-state index in [4.69, 9.17) is 9.15 Å². The summed E-state index contributed by atoms with van der Waals surface area (Å²) in [5.74, 6) is 1.03. The molecule has 0 aliphatic carbocycles. The molecule has 2 aromatic carbocycles. The third kappa shape index (κ3) is 3.31. The van der Waals surface area contributed by atoms with Crippen LogP contribution in [0.3, 0.4) is 0 Å². The lowest BCUT2D eigenvalue weighted by Gasteiger charge is -2.04. The van der Waals surface area contributed by atoms with E-state index < -0.39 is 0 Å². The molecule has 0 spiro atoms. The number of hydrogen-bond donors (Lipinski definition) is 0.